The molecule has 1 atom stereocenters. The van der Waals surface area contributed by atoms with Gasteiger partial charge in [-0.2, -0.15) is 0 Å². The Labute approximate surface area is 100 Å². The number of ketones is 1. The number of halogens is 1. The van der Waals surface area contributed by atoms with Gasteiger partial charge in [0.1, 0.15) is 5.82 Å². The number of carbonyl (C=O) groups excluding carboxylic acids is 1. The van der Waals surface area contributed by atoms with Crippen LogP contribution in [0.1, 0.15) is 12.0 Å². The summed E-state index contributed by atoms with van der Waals surface area (Å²) in [5.74, 6) is -0.113. The lowest BCUT2D eigenvalue weighted by molar-refractivity contribution is -0.119. The molecule has 0 bridgehead atoms. The number of hydrogen-bond donors (Lipinski definition) is 1. The third-order valence-corrected chi connectivity index (χ3v) is 3.02. The van der Waals surface area contributed by atoms with E-state index in [1.165, 1.54) is 12.1 Å². The van der Waals surface area contributed by atoms with Crippen LogP contribution in [0, 0.1) is 5.82 Å². The maximum atomic E-state index is 12.7. The van der Waals surface area contributed by atoms with Crippen LogP contribution in [0.5, 0.6) is 0 Å². The lowest BCUT2D eigenvalue weighted by Gasteiger charge is -2.13. The first-order chi connectivity index (χ1) is 8.13. The Morgan fingerprint density at radius 1 is 1.41 bits per heavy atom. The Hall–Kier alpha value is -1.26. The summed E-state index contributed by atoms with van der Waals surface area (Å²) in [7, 11) is 0. The van der Waals surface area contributed by atoms with Crippen LogP contribution in [0.2, 0.25) is 0 Å². The summed E-state index contributed by atoms with van der Waals surface area (Å²) in [5, 5.41) is 0. The summed E-state index contributed by atoms with van der Waals surface area (Å²) in [5.41, 5.74) is 6.64. The van der Waals surface area contributed by atoms with Gasteiger partial charge in [-0.15, -0.1) is 0 Å². The van der Waals surface area contributed by atoms with Gasteiger partial charge in [-0.3, -0.25) is 9.69 Å². The molecule has 0 amide bonds. The summed E-state index contributed by atoms with van der Waals surface area (Å²) in [6.45, 7) is 2.15. The number of nitrogens with two attached hydrogens (primary N) is 1. The van der Waals surface area contributed by atoms with Crippen molar-refractivity contribution in [1.82, 2.24) is 4.90 Å². The van der Waals surface area contributed by atoms with E-state index in [9.17, 15) is 9.18 Å². The predicted octanol–water partition coefficient (Wildman–Crippen LogP) is 0.970. The summed E-state index contributed by atoms with van der Waals surface area (Å²) < 4.78 is 12.7. The Balaban J connectivity index is 1.83. The van der Waals surface area contributed by atoms with Gasteiger partial charge in [0.25, 0.3) is 0 Å². The van der Waals surface area contributed by atoms with Crippen LogP contribution in [0.4, 0.5) is 4.39 Å². The molecule has 3 nitrogen and oxygen atoms in total. The monoisotopic (exact) mass is 236 g/mol. The van der Waals surface area contributed by atoms with E-state index in [4.69, 9.17) is 5.73 Å². The Kier molecular flexibility index (Phi) is 3.86. The largest absolute Gasteiger partial charge is 0.326 e. The summed E-state index contributed by atoms with van der Waals surface area (Å²) in [6, 6.07) is 6.28. The van der Waals surface area contributed by atoms with Gasteiger partial charge in [0, 0.05) is 25.6 Å². The highest BCUT2D eigenvalue weighted by atomic mass is 19.1. The zero-order valence-corrected chi connectivity index (χ0v) is 9.73. The van der Waals surface area contributed by atoms with Gasteiger partial charge < -0.3 is 5.73 Å². The Morgan fingerprint density at radius 3 is 2.71 bits per heavy atom. The topological polar surface area (TPSA) is 46.3 Å². The van der Waals surface area contributed by atoms with Crippen molar-refractivity contribution in [2.24, 2.45) is 5.73 Å². The summed E-state index contributed by atoms with van der Waals surface area (Å²) in [4.78, 5) is 13.9. The molecule has 1 heterocycles. The molecule has 0 spiro atoms. The van der Waals surface area contributed by atoms with Crippen molar-refractivity contribution in [3.63, 3.8) is 0 Å². The van der Waals surface area contributed by atoms with Crippen LogP contribution in [0.25, 0.3) is 0 Å². The number of carbonyl (C=O) groups is 1. The highest BCUT2D eigenvalue weighted by molar-refractivity contribution is 5.82. The van der Waals surface area contributed by atoms with Crippen LogP contribution in [0.3, 0.4) is 0 Å². The van der Waals surface area contributed by atoms with Crippen LogP contribution >= 0.6 is 0 Å². The first-order valence-corrected chi connectivity index (χ1v) is 5.87. The number of nitrogens with zero attached hydrogens (tertiary/aromatic N) is 1. The molecule has 1 aliphatic heterocycles. The average molecular weight is 236 g/mol. The zero-order chi connectivity index (χ0) is 12.3. The first-order valence-electron chi connectivity index (χ1n) is 5.87. The van der Waals surface area contributed by atoms with Crippen molar-refractivity contribution in [3.8, 4) is 0 Å². The molecule has 4 heteroatoms. The van der Waals surface area contributed by atoms with E-state index in [1.807, 2.05) is 0 Å². The number of hydrogen-bond acceptors (Lipinski definition) is 3. The molecule has 1 aliphatic rings. The van der Waals surface area contributed by atoms with Gasteiger partial charge in [0.15, 0.2) is 5.78 Å². The zero-order valence-electron chi connectivity index (χ0n) is 9.73. The Morgan fingerprint density at radius 2 is 2.12 bits per heavy atom. The van der Waals surface area contributed by atoms with Gasteiger partial charge in [-0.25, -0.2) is 4.39 Å². The molecule has 1 fully saturated rings. The van der Waals surface area contributed by atoms with Crippen molar-refractivity contribution in [2.75, 3.05) is 19.6 Å². The van der Waals surface area contributed by atoms with Gasteiger partial charge >= 0.3 is 0 Å². The van der Waals surface area contributed by atoms with Crippen LogP contribution < -0.4 is 5.73 Å². The second-order valence-corrected chi connectivity index (χ2v) is 4.63. The third kappa shape index (κ3) is 3.61. The molecule has 1 aromatic rings. The third-order valence-electron chi connectivity index (χ3n) is 3.02. The second kappa shape index (κ2) is 5.38. The average Bonchev–Trinajstić information content (AvgIpc) is 2.67. The van der Waals surface area contributed by atoms with E-state index in [2.05, 4.69) is 4.90 Å². The van der Waals surface area contributed by atoms with Gasteiger partial charge in [-0.1, -0.05) is 12.1 Å². The normalized spacial score (nSPS) is 20.7. The maximum absolute atomic E-state index is 12.7. The van der Waals surface area contributed by atoms with Crippen molar-refractivity contribution < 1.29 is 9.18 Å². The molecule has 1 aromatic carbocycles. The highest BCUT2D eigenvalue weighted by Crippen LogP contribution is 2.08. The molecular formula is C13H17FN2O. The van der Waals surface area contributed by atoms with E-state index in [-0.39, 0.29) is 17.6 Å². The van der Waals surface area contributed by atoms with Crippen molar-refractivity contribution in [1.29, 1.82) is 0 Å². The summed E-state index contributed by atoms with van der Waals surface area (Å²) >= 11 is 0. The number of benzene rings is 1. The molecule has 1 saturated heterocycles. The molecule has 0 aromatic heterocycles. The molecule has 1 unspecified atom stereocenters. The van der Waals surface area contributed by atoms with Gasteiger partial charge in [0.05, 0.1) is 6.54 Å². The minimum atomic E-state index is -0.272. The molecule has 17 heavy (non-hydrogen) atoms. The molecule has 2 N–H and O–H groups in total. The van der Waals surface area contributed by atoms with Crippen molar-refractivity contribution in [3.05, 3.63) is 35.6 Å². The van der Waals surface area contributed by atoms with E-state index in [0.29, 0.717) is 13.0 Å². The van der Waals surface area contributed by atoms with Crippen LogP contribution in [-0.4, -0.2) is 36.4 Å². The van der Waals surface area contributed by atoms with E-state index < -0.39 is 0 Å². The fraction of sp³-hybridized carbons (Fsp3) is 0.462. The molecule has 2 rings (SSSR count). The first kappa shape index (κ1) is 12.2. The minimum absolute atomic E-state index is 0.158. The minimum Gasteiger partial charge on any atom is -0.326 e. The van der Waals surface area contributed by atoms with Crippen LogP contribution in [0.15, 0.2) is 24.3 Å². The van der Waals surface area contributed by atoms with Crippen molar-refractivity contribution >= 4 is 5.78 Å². The standard InChI is InChI=1S/C13H17FN2O/c14-11-3-1-10(2-4-11)7-13(17)9-16-6-5-12(15)8-16/h1-4,12H,5-9,15H2. The molecule has 0 radical (unpaired) electrons. The van der Waals surface area contributed by atoms with Crippen molar-refractivity contribution in [2.45, 2.75) is 18.9 Å². The molecule has 92 valence electrons. The smallest absolute Gasteiger partial charge is 0.151 e. The van der Waals surface area contributed by atoms with Gasteiger partial charge in [0.2, 0.25) is 0 Å². The molecular weight excluding hydrogens is 219 g/mol. The molecule has 0 aliphatic carbocycles. The van der Waals surface area contributed by atoms with Crippen LogP contribution in [-0.2, 0) is 11.2 Å². The highest BCUT2D eigenvalue weighted by Gasteiger charge is 2.20. The predicted molar refractivity (Wildman–Crippen MR) is 64.1 cm³/mol. The fourth-order valence-corrected chi connectivity index (χ4v) is 2.14. The molecule has 0 saturated carbocycles. The SMILES string of the molecule is NC1CCN(CC(=O)Cc2ccc(F)cc2)C1. The Bertz CT molecular complexity index is 391. The number of Topliss-reactive ketones (excluding diaryl/α,β-unsaturated/α-hetero) is 1. The maximum Gasteiger partial charge on any atom is 0.151 e. The number of rotatable bonds is 4. The van der Waals surface area contributed by atoms with Gasteiger partial charge in [-0.05, 0) is 24.1 Å². The number of likely N-dealkylation sites (tertiary alicyclic amines) is 1. The lowest BCUT2D eigenvalue weighted by atomic mass is 10.1. The summed E-state index contributed by atoms with van der Waals surface area (Å²) in [6.07, 6.45) is 1.33. The van der Waals surface area contributed by atoms with E-state index >= 15 is 0 Å². The second-order valence-electron chi connectivity index (χ2n) is 4.63. The quantitative estimate of drug-likeness (QED) is 0.847. The fourth-order valence-electron chi connectivity index (χ4n) is 2.14. The lowest BCUT2D eigenvalue weighted by Crippen LogP contribution is -2.31. The van der Waals surface area contributed by atoms with E-state index in [1.54, 1.807) is 12.1 Å². The van der Waals surface area contributed by atoms with E-state index in [0.717, 1.165) is 25.1 Å².